The molecule has 0 aliphatic carbocycles. The first-order chi connectivity index (χ1) is 23.3. The van der Waals surface area contributed by atoms with Crippen LogP contribution in [0, 0.1) is 0 Å². The summed E-state index contributed by atoms with van der Waals surface area (Å²) in [5, 5.41) is 5.06. The Kier molecular flexibility index (Phi) is 6.50. The average Bonchev–Trinajstić information content (AvgIpc) is 3.54. The van der Waals surface area contributed by atoms with Crippen LogP contribution in [0.15, 0.2) is 182 Å². The molecular weight excluding hydrogens is 569 g/mol. The Balaban J connectivity index is 1.17. The standard InChI is InChI=1S/C45H30N2/c1-3-14-32(15-4-1)43-37-20-7-9-22-39(37)44(40-23-10-8-21-38(40)43)33-28-26-31(27-29-33)34-16-13-17-35(30-34)45-46-41-24-11-12-25-42(41)47(45)36-18-5-2-6-19-36/h1-30H. The summed E-state index contributed by atoms with van der Waals surface area (Å²) in [5.41, 5.74) is 11.6. The Labute approximate surface area is 273 Å². The fourth-order valence-corrected chi connectivity index (χ4v) is 7.08. The van der Waals surface area contributed by atoms with E-state index in [0.29, 0.717) is 0 Å². The molecule has 0 N–H and O–H groups in total. The zero-order valence-electron chi connectivity index (χ0n) is 25.7. The van der Waals surface area contributed by atoms with Gasteiger partial charge in [-0.25, -0.2) is 4.98 Å². The van der Waals surface area contributed by atoms with Crippen molar-refractivity contribution in [2.24, 2.45) is 0 Å². The zero-order chi connectivity index (χ0) is 31.2. The van der Waals surface area contributed by atoms with Gasteiger partial charge in [-0.1, -0.05) is 152 Å². The van der Waals surface area contributed by atoms with Gasteiger partial charge in [-0.15, -0.1) is 0 Å². The quantitative estimate of drug-likeness (QED) is 0.180. The van der Waals surface area contributed by atoms with Gasteiger partial charge in [0.2, 0.25) is 0 Å². The number of fused-ring (bicyclic) bond motifs is 3. The monoisotopic (exact) mass is 598 g/mol. The van der Waals surface area contributed by atoms with Crippen molar-refractivity contribution < 1.29 is 0 Å². The van der Waals surface area contributed by atoms with E-state index < -0.39 is 0 Å². The lowest BCUT2D eigenvalue weighted by Crippen LogP contribution is -1.97. The maximum Gasteiger partial charge on any atom is 0.145 e. The molecule has 0 saturated carbocycles. The maximum atomic E-state index is 5.10. The van der Waals surface area contributed by atoms with E-state index in [9.17, 15) is 0 Å². The minimum atomic E-state index is 0.937. The van der Waals surface area contributed by atoms with Crippen molar-refractivity contribution in [1.82, 2.24) is 9.55 Å². The number of nitrogens with zero attached hydrogens (tertiary/aromatic N) is 2. The van der Waals surface area contributed by atoms with Crippen LogP contribution in [-0.4, -0.2) is 9.55 Å². The number of hydrogen-bond acceptors (Lipinski definition) is 1. The van der Waals surface area contributed by atoms with Crippen LogP contribution in [0.4, 0.5) is 0 Å². The molecule has 9 aromatic rings. The van der Waals surface area contributed by atoms with Gasteiger partial charge in [0, 0.05) is 11.3 Å². The van der Waals surface area contributed by atoms with Gasteiger partial charge in [0.25, 0.3) is 0 Å². The summed E-state index contributed by atoms with van der Waals surface area (Å²) in [6.45, 7) is 0. The van der Waals surface area contributed by atoms with Crippen molar-refractivity contribution >= 4 is 32.6 Å². The SMILES string of the molecule is c1ccc(-c2c3ccccc3c(-c3ccc(-c4cccc(-c5nc6ccccc6n5-c5ccccc5)c4)cc3)c3ccccc23)cc1. The third-order valence-corrected chi connectivity index (χ3v) is 9.20. The Bertz CT molecular complexity index is 2490. The molecule has 0 unspecified atom stereocenters. The second-order valence-electron chi connectivity index (χ2n) is 12.0. The fourth-order valence-electron chi connectivity index (χ4n) is 7.08. The van der Waals surface area contributed by atoms with Gasteiger partial charge in [-0.05, 0) is 85.3 Å². The molecule has 0 spiro atoms. The van der Waals surface area contributed by atoms with Crippen LogP contribution >= 0.6 is 0 Å². The van der Waals surface area contributed by atoms with Crippen molar-refractivity contribution in [3.8, 4) is 50.5 Å². The molecule has 0 bridgehead atoms. The molecule has 0 radical (unpaired) electrons. The van der Waals surface area contributed by atoms with Crippen LogP contribution in [0.3, 0.4) is 0 Å². The Morgan fingerprint density at radius 2 is 0.809 bits per heavy atom. The molecular formula is C45H30N2. The van der Waals surface area contributed by atoms with Gasteiger partial charge >= 0.3 is 0 Å². The number of rotatable bonds is 5. The molecule has 1 heterocycles. The van der Waals surface area contributed by atoms with Crippen molar-refractivity contribution in [3.05, 3.63) is 182 Å². The largest absolute Gasteiger partial charge is 0.292 e. The van der Waals surface area contributed by atoms with E-state index in [1.807, 2.05) is 6.07 Å². The first-order valence-corrected chi connectivity index (χ1v) is 16.1. The second-order valence-corrected chi connectivity index (χ2v) is 12.0. The number of hydrogen-bond donors (Lipinski definition) is 0. The Morgan fingerprint density at radius 1 is 0.340 bits per heavy atom. The summed E-state index contributed by atoms with van der Waals surface area (Å²) < 4.78 is 2.26. The van der Waals surface area contributed by atoms with Gasteiger partial charge < -0.3 is 0 Å². The molecule has 1 aromatic heterocycles. The third kappa shape index (κ3) is 4.62. The molecule has 2 heteroatoms. The van der Waals surface area contributed by atoms with E-state index in [4.69, 9.17) is 4.98 Å². The minimum absolute atomic E-state index is 0.937. The average molecular weight is 599 g/mol. The van der Waals surface area contributed by atoms with E-state index in [-0.39, 0.29) is 0 Å². The first-order valence-electron chi connectivity index (χ1n) is 16.1. The highest BCUT2D eigenvalue weighted by molar-refractivity contribution is 6.21. The number of imidazole rings is 1. The van der Waals surface area contributed by atoms with Crippen molar-refractivity contribution in [3.63, 3.8) is 0 Å². The Hall–Kier alpha value is -6.25. The maximum absolute atomic E-state index is 5.10. The highest BCUT2D eigenvalue weighted by Gasteiger charge is 2.17. The summed E-state index contributed by atoms with van der Waals surface area (Å²) in [5.74, 6) is 0.937. The van der Waals surface area contributed by atoms with E-state index in [1.54, 1.807) is 0 Å². The lowest BCUT2D eigenvalue weighted by atomic mass is 9.86. The summed E-state index contributed by atoms with van der Waals surface area (Å²) in [6, 6.07) is 65.0. The zero-order valence-corrected chi connectivity index (χ0v) is 25.7. The fraction of sp³-hybridized carbons (Fsp3) is 0. The molecule has 0 aliphatic heterocycles. The number of aromatic nitrogens is 2. The van der Waals surface area contributed by atoms with Crippen molar-refractivity contribution in [2.75, 3.05) is 0 Å². The summed E-state index contributed by atoms with van der Waals surface area (Å²) in [4.78, 5) is 5.10. The van der Waals surface area contributed by atoms with Crippen LogP contribution in [-0.2, 0) is 0 Å². The molecule has 0 fully saturated rings. The number of benzene rings is 8. The molecule has 47 heavy (non-hydrogen) atoms. The molecule has 0 saturated heterocycles. The van der Waals surface area contributed by atoms with Crippen LogP contribution < -0.4 is 0 Å². The summed E-state index contributed by atoms with van der Waals surface area (Å²) >= 11 is 0. The van der Waals surface area contributed by atoms with E-state index in [2.05, 4.69) is 180 Å². The molecule has 9 rings (SSSR count). The highest BCUT2D eigenvalue weighted by Crippen LogP contribution is 2.44. The van der Waals surface area contributed by atoms with Gasteiger partial charge in [0.1, 0.15) is 5.82 Å². The van der Waals surface area contributed by atoms with Crippen LogP contribution in [0.25, 0.3) is 83.0 Å². The third-order valence-electron chi connectivity index (χ3n) is 9.20. The van der Waals surface area contributed by atoms with Gasteiger partial charge in [-0.2, -0.15) is 0 Å². The van der Waals surface area contributed by atoms with Gasteiger partial charge in [0.05, 0.1) is 11.0 Å². The van der Waals surface area contributed by atoms with Crippen molar-refractivity contribution in [1.29, 1.82) is 0 Å². The second kappa shape index (κ2) is 11.3. The van der Waals surface area contributed by atoms with Gasteiger partial charge in [-0.3, -0.25) is 4.57 Å². The lowest BCUT2D eigenvalue weighted by molar-refractivity contribution is 1.10. The van der Waals surface area contributed by atoms with E-state index in [0.717, 1.165) is 33.7 Å². The molecule has 0 amide bonds. The van der Waals surface area contributed by atoms with Crippen molar-refractivity contribution in [2.45, 2.75) is 0 Å². The first kappa shape index (κ1) is 27.1. The predicted molar refractivity (Wildman–Crippen MR) is 198 cm³/mol. The van der Waals surface area contributed by atoms with Crippen LogP contribution in [0.5, 0.6) is 0 Å². The Morgan fingerprint density at radius 3 is 1.45 bits per heavy atom. The van der Waals surface area contributed by atoms with Crippen LogP contribution in [0.1, 0.15) is 0 Å². The normalized spacial score (nSPS) is 11.4. The highest BCUT2D eigenvalue weighted by atomic mass is 15.1. The summed E-state index contributed by atoms with van der Waals surface area (Å²) in [7, 11) is 0. The molecule has 2 nitrogen and oxygen atoms in total. The van der Waals surface area contributed by atoms with Gasteiger partial charge in [0.15, 0.2) is 0 Å². The van der Waals surface area contributed by atoms with Crippen LogP contribution in [0.2, 0.25) is 0 Å². The van der Waals surface area contributed by atoms with E-state index in [1.165, 1.54) is 49.4 Å². The molecule has 8 aromatic carbocycles. The topological polar surface area (TPSA) is 17.8 Å². The molecule has 0 atom stereocenters. The summed E-state index contributed by atoms with van der Waals surface area (Å²) in [6.07, 6.45) is 0. The minimum Gasteiger partial charge on any atom is -0.292 e. The smallest absolute Gasteiger partial charge is 0.145 e. The lowest BCUT2D eigenvalue weighted by Gasteiger charge is -2.18. The molecule has 0 aliphatic rings. The molecule has 220 valence electrons. The predicted octanol–water partition coefficient (Wildman–Crippen LogP) is 12.0. The number of para-hydroxylation sites is 3. The van der Waals surface area contributed by atoms with E-state index >= 15 is 0 Å².